The summed E-state index contributed by atoms with van der Waals surface area (Å²) in [4.78, 5) is 21.6. The minimum atomic E-state index is -0.398. The summed E-state index contributed by atoms with van der Waals surface area (Å²) < 4.78 is 9.42. The molecule has 0 heterocycles. The van der Waals surface area contributed by atoms with Gasteiger partial charge >= 0.3 is 5.97 Å². The van der Waals surface area contributed by atoms with Crippen LogP contribution in [0.1, 0.15) is 24.8 Å². The standard InChI is InChI=1S/C17H18O4/c18-13-20-9-10-21-17(19)12-14-5-4-8-16(11-14)15-6-2-1-3-7-15/h1-3,6-7,11-13H,4-5,8-10H2/b14-12+. The van der Waals surface area contributed by atoms with E-state index in [4.69, 9.17) is 4.74 Å². The molecule has 0 spiro atoms. The van der Waals surface area contributed by atoms with E-state index in [1.807, 2.05) is 18.2 Å². The van der Waals surface area contributed by atoms with Gasteiger partial charge in [-0.3, -0.25) is 4.79 Å². The van der Waals surface area contributed by atoms with Crippen LogP contribution in [-0.2, 0) is 19.1 Å². The van der Waals surface area contributed by atoms with Crippen LogP contribution in [0.4, 0.5) is 0 Å². The van der Waals surface area contributed by atoms with Crippen LogP contribution in [0.15, 0.2) is 48.1 Å². The number of esters is 1. The van der Waals surface area contributed by atoms with Gasteiger partial charge in [0.2, 0.25) is 0 Å². The molecule has 0 bridgehead atoms. The molecule has 0 amide bonds. The van der Waals surface area contributed by atoms with Gasteiger partial charge in [0.1, 0.15) is 13.2 Å². The summed E-state index contributed by atoms with van der Waals surface area (Å²) in [5.41, 5.74) is 3.41. The van der Waals surface area contributed by atoms with Crippen LogP contribution < -0.4 is 0 Å². The van der Waals surface area contributed by atoms with E-state index in [1.54, 1.807) is 0 Å². The molecule has 0 saturated heterocycles. The smallest absolute Gasteiger partial charge is 0.331 e. The zero-order chi connectivity index (χ0) is 14.9. The second kappa shape index (κ2) is 8.04. The van der Waals surface area contributed by atoms with E-state index in [-0.39, 0.29) is 13.2 Å². The number of ether oxygens (including phenoxy) is 2. The maximum absolute atomic E-state index is 11.6. The van der Waals surface area contributed by atoms with Crippen molar-refractivity contribution in [3.8, 4) is 0 Å². The van der Waals surface area contributed by atoms with E-state index >= 15 is 0 Å². The second-order valence-corrected chi connectivity index (χ2v) is 4.74. The highest BCUT2D eigenvalue weighted by Gasteiger charge is 2.10. The lowest BCUT2D eigenvalue weighted by molar-refractivity contribution is -0.142. The molecular formula is C17H18O4. The molecule has 1 aliphatic rings. The first-order valence-corrected chi connectivity index (χ1v) is 6.98. The van der Waals surface area contributed by atoms with Crippen molar-refractivity contribution in [2.75, 3.05) is 13.2 Å². The molecule has 1 aromatic carbocycles. The minimum Gasteiger partial charge on any atom is -0.464 e. The average molecular weight is 286 g/mol. The van der Waals surface area contributed by atoms with Gasteiger partial charge < -0.3 is 9.47 Å². The molecule has 4 nitrogen and oxygen atoms in total. The average Bonchev–Trinajstić information content (AvgIpc) is 2.53. The van der Waals surface area contributed by atoms with Crippen molar-refractivity contribution in [3.63, 3.8) is 0 Å². The molecule has 0 unspecified atom stereocenters. The van der Waals surface area contributed by atoms with Crippen molar-refractivity contribution in [2.45, 2.75) is 19.3 Å². The van der Waals surface area contributed by atoms with Crippen molar-refractivity contribution in [1.82, 2.24) is 0 Å². The van der Waals surface area contributed by atoms with E-state index in [1.165, 1.54) is 17.2 Å². The number of allylic oxidation sites excluding steroid dienone is 3. The van der Waals surface area contributed by atoms with Crippen molar-refractivity contribution < 1.29 is 19.1 Å². The molecule has 0 N–H and O–H groups in total. The molecule has 1 aliphatic carbocycles. The number of carbonyl (C=O) groups excluding carboxylic acids is 2. The maximum Gasteiger partial charge on any atom is 0.331 e. The van der Waals surface area contributed by atoms with Gasteiger partial charge in [-0.1, -0.05) is 36.4 Å². The molecule has 0 fully saturated rings. The molecular weight excluding hydrogens is 268 g/mol. The third kappa shape index (κ3) is 4.91. The van der Waals surface area contributed by atoms with Crippen molar-refractivity contribution in [3.05, 3.63) is 53.6 Å². The van der Waals surface area contributed by atoms with E-state index in [0.29, 0.717) is 6.47 Å². The SMILES string of the molecule is O=COCCOC(=O)/C=C1/C=C(c2ccccc2)CCC1. The topological polar surface area (TPSA) is 52.6 Å². The predicted octanol–water partition coefficient (Wildman–Crippen LogP) is 2.90. The quantitative estimate of drug-likeness (QED) is 0.349. The highest BCUT2D eigenvalue weighted by atomic mass is 16.6. The molecule has 0 radical (unpaired) electrons. The van der Waals surface area contributed by atoms with E-state index in [2.05, 4.69) is 22.9 Å². The molecule has 110 valence electrons. The van der Waals surface area contributed by atoms with E-state index in [9.17, 15) is 9.59 Å². The Bertz CT molecular complexity index is 543. The van der Waals surface area contributed by atoms with Gasteiger partial charge in [-0.25, -0.2) is 4.79 Å². The summed E-state index contributed by atoms with van der Waals surface area (Å²) in [6.07, 6.45) is 6.49. The second-order valence-electron chi connectivity index (χ2n) is 4.74. The molecule has 0 atom stereocenters. The fourth-order valence-corrected chi connectivity index (χ4v) is 2.28. The third-order valence-corrected chi connectivity index (χ3v) is 3.23. The van der Waals surface area contributed by atoms with Gasteiger partial charge in [0, 0.05) is 6.08 Å². The number of hydrogen-bond acceptors (Lipinski definition) is 4. The Morgan fingerprint density at radius 2 is 1.95 bits per heavy atom. The lowest BCUT2D eigenvalue weighted by Crippen LogP contribution is -2.09. The fraction of sp³-hybridized carbons (Fsp3) is 0.294. The summed E-state index contributed by atoms with van der Waals surface area (Å²) in [6.45, 7) is 0.502. The van der Waals surface area contributed by atoms with Gasteiger partial charge in [0.25, 0.3) is 6.47 Å². The fourth-order valence-electron chi connectivity index (χ4n) is 2.28. The molecule has 21 heavy (non-hydrogen) atoms. The van der Waals surface area contributed by atoms with Crippen LogP contribution in [0.5, 0.6) is 0 Å². The Balaban J connectivity index is 1.97. The molecule has 1 aromatic rings. The van der Waals surface area contributed by atoms with Gasteiger partial charge in [-0.05, 0) is 36.0 Å². The Hall–Kier alpha value is -2.36. The number of rotatable bonds is 6. The summed E-state index contributed by atoms with van der Waals surface area (Å²) in [6, 6.07) is 10.2. The van der Waals surface area contributed by atoms with E-state index < -0.39 is 5.97 Å². The monoisotopic (exact) mass is 286 g/mol. The summed E-state index contributed by atoms with van der Waals surface area (Å²) in [5, 5.41) is 0. The maximum atomic E-state index is 11.6. The molecule has 0 saturated carbocycles. The zero-order valence-electron chi connectivity index (χ0n) is 11.8. The van der Waals surface area contributed by atoms with Crippen LogP contribution in [0.2, 0.25) is 0 Å². The number of benzene rings is 1. The summed E-state index contributed by atoms with van der Waals surface area (Å²) in [7, 11) is 0. The third-order valence-electron chi connectivity index (χ3n) is 3.23. The van der Waals surface area contributed by atoms with Crippen molar-refractivity contribution in [2.24, 2.45) is 0 Å². The Labute approximate surface area is 124 Å². The van der Waals surface area contributed by atoms with Crippen LogP contribution in [0.25, 0.3) is 5.57 Å². The van der Waals surface area contributed by atoms with Crippen molar-refractivity contribution >= 4 is 18.0 Å². The van der Waals surface area contributed by atoms with Gasteiger partial charge in [0.15, 0.2) is 0 Å². The van der Waals surface area contributed by atoms with Crippen LogP contribution in [-0.4, -0.2) is 25.7 Å². The first kappa shape index (κ1) is 15.0. The number of carbonyl (C=O) groups is 2. The van der Waals surface area contributed by atoms with Crippen LogP contribution in [0.3, 0.4) is 0 Å². The first-order valence-electron chi connectivity index (χ1n) is 6.98. The Kier molecular flexibility index (Phi) is 5.76. The summed E-state index contributed by atoms with van der Waals surface area (Å²) >= 11 is 0. The Morgan fingerprint density at radius 1 is 1.14 bits per heavy atom. The minimum absolute atomic E-state index is 0.0800. The van der Waals surface area contributed by atoms with Gasteiger partial charge in [-0.2, -0.15) is 0 Å². The van der Waals surface area contributed by atoms with Gasteiger partial charge in [0.05, 0.1) is 0 Å². The highest BCUT2D eigenvalue weighted by Crippen LogP contribution is 2.29. The highest BCUT2D eigenvalue weighted by molar-refractivity contribution is 5.84. The molecule has 4 heteroatoms. The molecule has 0 aliphatic heterocycles. The lowest BCUT2D eigenvalue weighted by atomic mass is 9.90. The number of hydrogen-bond donors (Lipinski definition) is 0. The zero-order valence-corrected chi connectivity index (χ0v) is 11.8. The predicted molar refractivity (Wildman–Crippen MR) is 79.3 cm³/mol. The van der Waals surface area contributed by atoms with Gasteiger partial charge in [-0.15, -0.1) is 0 Å². The lowest BCUT2D eigenvalue weighted by Gasteiger charge is -2.15. The van der Waals surface area contributed by atoms with Crippen LogP contribution in [0, 0.1) is 0 Å². The summed E-state index contributed by atoms with van der Waals surface area (Å²) in [5.74, 6) is -0.398. The molecule has 0 aromatic heterocycles. The largest absolute Gasteiger partial charge is 0.464 e. The van der Waals surface area contributed by atoms with Crippen LogP contribution >= 0.6 is 0 Å². The molecule has 2 rings (SSSR count). The van der Waals surface area contributed by atoms with Crippen molar-refractivity contribution in [1.29, 1.82) is 0 Å². The first-order chi connectivity index (χ1) is 10.3. The normalized spacial score (nSPS) is 16.2. The Morgan fingerprint density at radius 3 is 2.71 bits per heavy atom. The van der Waals surface area contributed by atoms with E-state index in [0.717, 1.165) is 24.8 Å².